The van der Waals surface area contributed by atoms with E-state index in [0.29, 0.717) is 18.8 Å². The Bertz CT molecular complexity index is 1090. The molecule has 0 unspecified atom stereocenters. The molecule has 31 heavy (non-hydrogen) atoms. The van der Waals surface area contributed by atoms with Crippen LogP contribution in [0.15, 0.2) is 59.5 Å². The first kappa shape index (κ1) is 22.3. The van der Waals surface area contributed by atoms with Gasteiger partial charge in [0.2, 0.25) is 0 Å². The number of methoxy groups -OCH3 is 1. The van der Waals surface area contributed by atoms with Gasteiger partial charge in [0.15, 0.2) is 19.7 Å². The van der Waals surface area contributed by atoms with E-state index in [1.54, 1.807) is 12.1 Å². The molecule has 9 heteroatoms. The highest BCUT2D eigenvalue weighted by atomic mass is 32.2. The van der Waals surface area contributed by atoms with Gasteiger partial charge in [0, 0.05) is 38.8 Å². The van der Waals surface area contributed by atoms with Gasteiger partial charge in [-0.1, -0.05) is 30.3 Å². The molecule has 2 aromatic carbocycles. The summed E-state index contributed by atoms with van der Waals surface area (Å²) in [5, 5.41) is -0.952. The Labute approximate surface area is 184 Å². The summed E-state index contributed by atoms with van der Waals surface area (Å²) in [7, 11) is -5.69. The molecule has 2 aliphatic rings. The molecule has 0 aromatic heterocycles. The van der Waals surface area contributed by atoms with Crippen LogP contribution in [0, 0.1) is 0 Å². The minimum absolute atomic E-state index is 0.105. The van der Waals surface area contributed by atoms with E-state index < -0.39 is 31.0 Å². The maximum absolute atomic E-state index is 13.3. The Morgan fingerprint density at radius 1 is 0.935 bits per heavy atom. The lowest BCUT2D eigenvalue weighted by molar-refractivity contribution is 0.101. The molecular weight excluding hydrogens is 436 g/mol. The zero-order valence-electron chi connectivity index (χ0n) is 17.6. The first-order valence-corrected chi connectivity index (χ1v) is 13.7. The van der Waals surface area contributed by atoms with Gasteiger partial charge in [0.05, 0.1) is 28.8 Å². The van der Waals surface area contributed by atoms with Crippen LogP contribution in [0.5, 0.6) is 5.75 Å². The van der Waals surface area contributed by atoms with Gasteiger partial charge < -0.3 is 4.74 Å². The molecule has 2 aliphatic heterocycles. The first-order chi connectivity index (χ1) is 14.8. The monoisotopic (exact) mass is 464 g/mol. The van der Waals surface area contributed by atoms with Crippen molar-refractivity contribution in [3.63, 3.8) is 0 Å². The molecule has 0 spiro atoms. The van der Waals surface area contributed by atoms with Gasteiger partial charge in [-0.3, -0.25) is 9.80 Å². The second-order valence-electron chi connectivity index (χ2n) is 8.20. The lowest BCUT2D eigenvalue weighted by Gasteiger charge is -2.39. The normalized spacial score (nSPS) is 24.8. The molecule has 2 aromatic rings. The lowest BCUT2D eigenvalue weighted by atomic mass is 10.1. The van der Waals surface area contributed by atoms with Crippen molar-refractivity contribution in [3.8, 4) is 5.75 Å². The predicted octanol–water partition coefficient (Wildman–Crippen LogP) is 1.45. The molecule has 0 N–H and O–H groups in total. The molecule has 2 atom stereocenters. The highest BCUT2D eigenvalue weighted by molar-refractivity contribution is 7.96. The number of hydrogen-bond acceptors (Lipinski definition) is 7. The summed E-state index contributed by atoms with van der Waals surface area (Å²) in [6, 6.07) is 15.9. The number of rotatable bonds is 6. The second kappa shape index (κ2) is 8.90. The van der Waals surface area contributed by atoms with E-state index in [2.05, 4.69) is 21.9 Å². The van der Waals surface area contributed by atoms with Gasteiger partial charge in [0.25, 0.3) is 0 Å². The first-order valence-electron chi connectivity index (χ1n) is 10.4. The summed E-state index contributed by atoms with van der Waals surface area (Å²) in [6.45, 7) is 3.70. The number of ether oxygens (including phenoxy) is 1. The highest BCUT2D eigenvalue weighted by Crippen LogP contribution is 2.30. The second-order valence-corrected chi connectivity index (χ2v) is 12.5. The summed E-state index contributed by atoms with van der Waals surface area (Å²) in [5.74, 6) is 0.131. The topological polar surface area (TPSA) is 84.0 Å². The summed E-state index contributed by atoms with van der Waals surface area (Å²) < 4.78 is 56.7. The van der Waals surface area contributed by atoms with Crippen LogP contribution in [0.1, 0.15) is 5.56 Å². The maximum atomic E-state index is 13.3. The zero-order valence-corrected chi connectivity index (χ0v) is 19.2. The Morgan fingerprint density at radius 3 is 2.19 bits per heavy atom. The summed E-state index contributed by atoms with van der Waals surface area (Å²) in [4.78, 5) is 4.52. The minimum Gasteiger partial charge on any atom is -0.497 e. The minimum atomic E-state index is -3.79. The summed E-state index contributed by atoms with van der Waals surface area (Å²) in [6.07, 6.45) is 0. The molecule has 2 heterocycles. The smallest absolute Gasteiger partial charge is 0.183 e. The van der Waals surface area contributed by atoms with E-state index in [-0.39, 0.29) is 16.4 Å². The van der Waals surface area contributed by atoms with Gasteiger partial charge in [0.1, 0.15) is 5.75 Å². The average Bonchev–Trinajstić information content (AvgIpc) is 3.11. The van der Waals surface area contributed by atoms with E-state index in [9.17, 15) is 16.8 Å². The largest absolute Gasteiger partial charge is 0.497 e. The van der Waals surface area contributed by atoms with Crippen molar-refractivity contribution in [2.45, 2.75) is 22.7 Å². The number of nitrogens with zero attached hydrogens (tertiary/aromatic N) is 2. The Hall–Kier alpha value is -1.94. The van der Waals surface area contributed by atoms with Crippen LogP contribution in [-0.2, 0) is 26.2 Å². The van der Waals surface area contributed by atoms with Crippen LogP contribution in [0.2, 0.25) is 0 Å². The van der Waals surface area contributed by atoms with Gasteiger partial charge in [-0.2, -0.15) is 0 Å². The lowest BCUT2D eigenvalue weighted by Crippen LogP contribution is -2.54. The van der Waals surface area contributed by atoms with E-state index in [1.807, 2.05) is 18.2 Å². The fraction of sp³-hybridized carbons (Fsp3) is 0.455. The summed E-state index contributed by atoms with van der Waals surface area (Å²) >= 11 is 0. The van der Waals surface area contributed by atoms with Gasteiger partial charge in [-0.05, 0) is 29.8 Å². The third-order valence-electron chi connectivity index (χ3n) is 6.18. The number of sulfone groups is 2. The van der Waals surface area contributed by atoms with Gasteiger partial charge >= 0.3 is 0 Å². The Balaban J connectivity index is 1.49. The maximum Gasteiger partial charge on any atom is 0.183 e. The van der Waals surface area contributed by atoms with Crippen molar-refractivity contribution < 1.29 is 21.6 Å². The number of piperazine rings is 1. The van der Waals surface area contributed by atoms with Crippen molar-refractivity contribution in [1.29, 1.82) is 0 Å². The third kappa shape index (κ3) is 4.95. The van der Waals surface area contributed by atoms with Crippen molar-refractivity contribution in [1.82, 2.24) is 9.80 Å². The zero-order chi connectivity index (χ0) is 22.1. The average molecular weight is 465 g/mol. The SMILES string of the molecule is COc1ccc(S(=O)(=O)[C@H]2CS(=O)(=O)C[C@@H]2N2CCN(Cc3ccccc3)CC2)cc1. The molecule has 7 nitrogen and oxygen atoms in total. The predicted molar refractivity (Wildman–Crippen MR) is 120 cm³/mol. The van der Waals surface area contributed by atoms with E-state index >= 15 is 0 Å². The quantitative estimate of drug-likeness (QED) is 0.640. The fourth-order valence-corrected chi connectivity index (χ4v) is 9.30. The van der Waals surface area contributed by atoms with Gasteiger partial charge in [-0.25, -0.2) is 16.8 Å². The fourth-order valence-electron chi connectivity index (χ4n) is 4.47. The molecule has 2 fully saturated rings. The van der Waals surface area contributed by atoms with Crippen molar-refractivity contribution in [2.24, 2.45) is 0 Å². The number of hydrogen-bond donors (Lipinski definition) is 0. The molecule has 168 valence electrons. The molecule has 0 bridgehead atoms. The van der Waals surface area contributed by atoms with Crippen LogP contribution < -0.4 is 4.74 Å². The van der Waals surface area contributed by atoms with Crippen LogP contribution in [-0.4, -0.2) is 82.7 Å². The van der Waals surface area contributed by atoms with Crippen LogP contribution in [0.25, 0.3) is 0 Å². The highest BCUT2D eigenvalue weighted by Gasteiger charge is 2.48. The standard InChI is InChI=1S/C22H28N2O5S2/c1-29-19-7-9-20(10-8-19)31(27,28)22-17-30(25,26)16-21(22)24-13-11-23(12-14-24)15-18-5-3-2-4-6-18/h2-10,21-22H,11-17H2,1H3/t21-,22-/m0/s1. The molecule has 0 amide bonds. The van der Waals surface area contributed by atoms with E-state index in [0.717, 1.165) is 19.6 Å². The third-order valence-corrected chi connectivity index (χ3v) is 10.3. The number of benzene rings is 2. The molecule has 0 saturated carbocycles. The molecule has 2 saturated heterocycles. The Morgan fingerprint density at radius 2 is 1.58 bits per heavy atom. The molecule has 0 aliphatic carbocycles. The van der Waals surface area contributed by atoms with Crippen molar-refractivity contribution in [2.75, 3.05) is 44.8 Å². The van der Waals surface area contributed by atoms with Crippen LogP contribution in [0.3, 0.4) is 0 Å². The molecule has 4 rings (SSSR count). The van der Waals surface area contributed by atoms with E-state index in [1.165, 1.54) is 24.8 Å². The van der Waals surface area contributed by atoms with Gasteiger partial charge in [-0.15, -0.1) is 0 Å². The van der Waals surface area contributed by atoms with Crippen LogP contribution in [0.4, 0.5) is 0 Å². The van der Waals surface area contributed by atoms with E-state index in [4.69, 9.17) is 4.74 Å². The van der Waals surface area contributed by atoms with Crippen molar-refractivity contribution in [3.05, 3.63) is 60.2 Å². The van der Waals surface area contributed by atoms with Crippen molar-refractivity contribution >= 4 is 19.7 Å². The van der Waals surface area contributed by atoms with Crippen LogP contribution >= 0.6 is 0 Å². The molecular formula is C22H28N2O5S2. The molecule has 0 radical (unpaired) electrons. The Kier molecular flexibility index (Phi) is 6.39. The summed E-state index contributed by atoms with van der Waals surface area (Å²) in [5.41, 5.74) is 1.24.